The summed E-state index contributed by atoms with van der Waals surface area (Å²) >= 11 is 0. The Balaban J connectivity index is 2.14. The number of methoxy groups -OCH3 is 1. The van der Waals surface area contributed by atoms with Crippen molar-refractivity contribution < 1.29 is 19.4 Å². The lowest BCUT2D eigenvalue weighted by atomic mass is 9.89. The number of carbonyl (C=O) groups is 2. The summed E-state index contributed by atoms with van der Waals surface area (Å²) in [6.07, 6.45) is 1.19. The van der Waals surface area contributed by atoms with E-state index in [4.69, 9.17) is 4.74 Å². The number of ether oxygens (including phenoxy) is 1. The van der Waals surface area contributed by atoms with Crippen molar-refractivity contribution in [1.82, 2.24) is 10.2 Å². The van der Waals surface area contributed by atoms with E-state index < -0.39 is 5.60 Å². The highest BCUT2D eigenvalue weighted by atomic mass is 16.5. The molecule has 0 saturated carbocycles. The van der Waals surface area contributed by atoms with Gasteiger partial charge in [-0.05, 0) is 37.5 Å². The van der Waals surface area contributed by atoms with Crippen molar-refractivity contribution in [1.29, 1.82) is 0 Å². The summed E-state index contributed by atoms with van der Waals surface area (Å²) in [4.78, 5) is 25.9. The van der Waals surface area contributed by atoms with Crippen LogP contribution < -0.4 is 10.1 Å². The monoisotopic (exact) mass is 320 g/mol. The van der Waals surface area contributed by atoms with Crippen molar-refractivity contribution in [2.75, 3.05) is 27.2 Å². The number of rotatable bonds is 4. The number of benzene rings is 1. The molecule has 6 nitrogen and oxygen atoms in total. The molecule has 1 heterocycles. The molecule has 1 unspecified atom stereocenters. The van der Waals surface area contributed by atoms with Crippen molar-refractivity contribution in [3.05, 3.63) is 29.3 Å². The Morgan fingerprint density at radius 3 is 2.83 bits per heavy atom. The van der Waals surface area contributed by atoms with Crippen molar-refractivity contribution in [2.45, 2.75) is 31.8 Å². The van der Waals surface area contributed by atoms with Gasteiger partial charge >= 0.3 is 0 Å². The molecule has 2 rings (SSSR count). The van der Waals surface area contributed by atoms with Crippen LogP contribution in [0.25, 0.3) is 0 Å². The topological polar surface area (TPSA) is 78.9 Å². The molecule has 1 aromatic rings. The Hall–Kier alpha value is -2.08. The first-order chi connectivity index (χ1) is 10.9. The number of β-amino-alcohol motifs (C(OH)–C–C–N with tert-alkyl or cyclic N) is 1. The molecule has 23 heavy (non-hydrogen) atoms. The molecule has 6 heteroatoms. The molecule has 0 aromatic heterocycles. The first-order valence-electron chi connectivity index (χ1n) is 7.75. The molecular formula is C17H24N2O4. The largest absolute Gasteiger partial charge is 0.496 e. The molecule has 2 N–H and O–H groups in total. The van der Waals surface area contributed by atoms with Crippen LogP contribution in [-0.4, -0.2) is 54.7 Å². The van der Waals surface area contributed by atoms with E-state index >= 15 is 0 Å². The van der Waals surface area contributed by atoms with E-state index in [-0.39, 0.29) is 24.8 Å². The molecule has 1 aliphatic rings. The van der Waals surface area contributed by atoms with Gasteiger partial charge in [-0.1, -0.05) is 6.07 Å². The number of aryl methyl sites for hydroxylation is 1. The number of nitrogens with zero attached hydrogens (tertiary/aromatic N) is 1. The van der Waals surface area contributed by atoms with Gasteiger partial charge in [0.05, 0.1) is 25.7 Å². The third-order valence-electron chi connectivity index (χ3n) is 4.27. The summed E-state index contributed by atoms with van der Waals surface area (Å²) in [7, 11) is 3.11. The Labute approximate surface area is 136 Å². The molecule has 2 amide bonds. The van der Waals surface area contributed by atoms with E-state index in [1.807, 2.05) is 13.0 Å². The fourth-order valence-electron chi connectivity index (χ4n) is 2.95. The van der Waals surface area contributed by atoms with Gasteiger partial charge < -0.3 is 20.1 Å². The molecule has 1 saturated heterocycles. The minimum Gasteiger partial charge on any atom is -0.496 e. The third kappa shape index (κ3) is 4.01. The summed E-state index contributed by atoms with van der Waals surface area (Å²) in [5.41, 5.74) is 0.318. The summed E-state index contributed by atoms with van der Waals surface area (Å²) in [6, 6.07) is 5.31. The maximum atomic E-state index is 12.7. The molecule has 1 aliphatic heterocycles. The second kappa shape index (κ2) is 7.00. The van der Waals surface area contributed by atoms with Crippen LogP contribution in [0.4, 0.5) is 0 Å². The number of nitrogens with one attached hydrogen (secondary N) is 1. The van der Waals surface area contributed by atoms with Crippen LogP contribution in [0.1, 0.15) is 35.2 Å². The highest BCUT2D eigenvalue weighted by molar-refractivity contribution is 5.95. The number of aliphatic hydroxyl groups is 1. The molecule has 126 valence electrons. The SMILES string of the molecule is CNC(=O)CC1(O)CCCN(C(=O)c2ccc(C)c(OC)c2)C1. The third-order valence-corrected chi connectivity index (χ3v) is 4.27. The lowest BCUT2D eigenvalue weighted by molar-refractivity contribution is -0.127. The highest BCUT2D eigenvalue weighted by Crippen LogP contribution is 2.27. The number of piperidine rings is 1. The average molecular weight is 320 g/mol. The maximum Gasteiger partial charge on any atom is 0.254 e. The number of likely N-dealkylation sites (tertiary alicyclic amines) is 1. The maximum absolute atomic E-state index is 12.7. The van der Waals surface area contributed by atoms with E-state index in [9.17, 15) is 14.7 Å². The zero-order chi connectivity index (χ0) is 17.0. The lowest BCUT2D eigenvalue weighted by Crippen LogP contribution is -2.52. The van der Waals surface area contributed by atoms with Crippen LogP contribution >= 0.6 is 0 Å². The van der Waals surface area contributed by atoms with Crippen LogP contribution in [0.3, 0.4) is 0 Å². The molecule has 0 bridgehead atoms. The van der Waals surface area contributed by atoms with Crippen molar-refractivity contribution in [3.8, 4) is 5.75 Å². The zero-order valence-corrected chi connectivity index (χ0v) is 13.9. The van der Waals surface area contributed by atoms with Crippen LogP contribution in [-0.2, 0) is 4.79 Å². The van der Waals surface area contributed by atoms with E-state index in [1.165, 1.54) is 7.05 Å². The lowest BCUT2D eigenvalue weighted by Gasteiger charge is -2.39. The molecule has 0 radical (unpaired) electrons. The Morgan fingerprint density at radius 1 is 1.43 bits per heavy atom. The first-order valence-corrected chi connectivity index (χ1v) is 7.75. The van der Waals surface area contributed by atoms with Gasteiger partial charge in [-0.15, -0.1) is 0 Å². The van der Waals surface area contributed by atoms with Crippen LogP contribution in [0.15, 0.2) is 18.2 Å². The van der Waals surface area contributed by atoms with Crippen LogP contribution in [0.2, 0.25) is 0 Å². The predicted molar refractivity (Wildman–Crippen MR) is 86.5 cm³/mol. The Morgan fingerprint density at radius 2 is 2.17 bits per heavy atom. The minimum atomic E-state index is -1.16. The molecule has 0 spiro atoms. The van der Waals surface area contributed by atoms with E-state index in [0.29, 0.717) is 30.7 Å². The summed E-state index contributed by atoms with van der Waals surface area (Å²) in [6.45, 7) is 2.65. The van der Waals surface area contributed by atoms with Crippen LogP contribution in [0, 0.1) is 6.92 Å². The molecule has 1 fully saturated rings. The summed E-state index contributed by atoms with van der Waals surface area (Å²) in [5, 5.41) is 13.1. The van der Waals surface area contributed by atoms with Crippen LogP contribution in [0.5, 0.6) is 5.75 Å². The smallest absolute Gasteiger partial charge is 0.254 e. The molecular weight excluding hydrogens is 296 g/mol. The first kappa shape index (κ1) is 17.3. The molecule has 1 aromatic carbocycles. The van der Waals surface area contributed by atoms with Crippen molar-refractivity contribution in [3.63, 3.8) is 0 Å². The van der Waals surface area contributed by atoms with Gasteiger partial charge in [-0.2, -0.15) is 0 Å². The standard InChI is InChI=1S/C17H24N2O4/c1-12-5-6-13(9-14(12)23-3)16(21)19-8-4-7-17(22,11-19)10-15(20)18-2/h5-6,9,22H,4,7-8,10-11H2,1-3H3,(H,18,20). The van der Waals surface area contributed by atoms with E-state index in [0.717, 1.165) is 5.56 Å². The molecule has 0 aliphatic carbocycles. The number of carbonyl (C=O) groups excluding carboxylic acids is 2. The van der Waals surface area contributed by atoms with Gasteiger partial charge in [0.2, 0.25) is 5.91 Å². The van der Waals surface area contributed by atoms with Gasteiger partial charge in [-0.25, -0.2) is 0 Å². The summed E-state index contributed by atoms with van der Waals surface area (Å²) in [5.74, 6) is 0.283. The van der Waals surface area contributed by atoms with E-state index in [2.05, 4.69) is 5.32 Å². The fraction of sp³-hybridized carbons (Fsp3) is 0.529. The number of hydrogen-bond acceptors (Lipinski definition) is 4. The van der Waals surface area contributed by atoms with E-state index in [1.54, 1.807) is 24.1 Å². The number of amides is 2. The van der Waals surface area contributed by atoms with Gasteiger partial charge in [0.1, 0.15) is 5.75 Å². The Kier molecular flexibility index (Phi) is 5.26. The van der Waals surface area contributed by atoms with Gasteiger partial charge in [-0.3, -0.25) is 9.59 Å². The number of hydrogen-bond donors (Lipinski definition) is 2. The fourth-order valence-corrected chi connectivity index (χ4v) is 2.95. The average Bonchev–Trinajstić information content (AvgIpc) is 2.54. The van der Waals surface area contributed by atoms with Crippen molar-refractivity contribution >= 4 is 11.8 Å². The highest BCUT2D eigenvalue weighted by Gasteiger charge is 2.37. The second-order valence-electron chi connectivity index (χ2n) is 6.09. The Bertz CT molecular complexity index is 602. The minimum absolute atomic E-state index is 0.00446. The van der Waals surface area contributed by atoms with Gasteiger partial charge in [0.15, 0.2) is 0 Å². The molecule has 1 atom stereocenters. The summed E-state index contributed by atoms with van der Waals surface area (Å²) < 4.78 is 5.26. The zero-order valence-electron chi connectivity index (χ0n) is 13.9. The quantitative estimate of drug-likeness (QED) is 0.871. The second-order valence-corrected chi connectivity index (χ2v) is 6.09. The van der Waals surface area contributed by atoms with Gasteiger partial charge in [0, 0.05) is 19.2 Å². The van der Waals surface area contributed by atoms with Gasteiger partial charge in [0.25, 0.3) is 5.91 Å². The normalized spacial score (nSPS) is 21.0. The van der Waals surface area contributed by atoms with Crippen molar-refractivity contribution in [2.24, 2.45) is 0 Å². The predicted octanol–water partition coefficient (Wildman–Crippen LogP) is 1.11.